The Bertz CT molecular complexity index is 913. The fourth-order valence-electron chi connectivity index (χ4n) is 3.05. The fourth-order valence-corrected chi connectivity index (χ4v) is 4.77. The molecular formula is C18H22ClF3N2O5S. The fraction of sp³-hybridized carbons (Fsp3) is 0.556. The molecule has 1 amide bonds. The lowest BCUT2D eigenvalue weighted by atomic mass is 9.98. The van der Waals surface area contributed by atoms with E-state index in [1.54, 1.807) is 0 Å². The maximum atomic E-state index is 13.0. The first-order valence-electron chi connectivity index (χ1n) is 9.03. The molecule has 1 aromatic rings. The molecule has 0 saturated carbocycles. The molecule has 0 aliphatic carbocycles. The van der Waals surface area contributed by atoms with Crippen LogP contribution in [0.2, 0.25) is 5.02 Å². The highest BCUT2D eigenvalue weighted by Crippen LogP contribution is 2.36. The highest BCUT2D eigenvalue weighted by molar-refractivity contribution is 7.89. The molecule has 0 aromatic heterocycles. The van der Waals surface area contributed by atoms with Crippen LogP contribution in [0.15, 0.2) is 23.1 Å². The zero-order chi connectivity index (χ0) is 22.9. The lowest BCUT2D eigenvalue weighted by Gasteiger charge is -2.31. The smallest absolute Gasteiger partial charge is 0.417 e. The number of carbonyl (C=O) groups is 2. The second kappa shape index (κ2) is 9.11. The Morgan fingerprint density at radius 2 is 1.80 bits per heavy atom. The Morgan fingerprint density at radius 1 is 1.23 bits per heavy atom. The third kappa shape index (κ3) is 5.44. The number of alkyl halides is 3. The molecular weight excluding hydrogens is 449 g/mol. The van der Waals surface area contributed by atoms with Gasteiger partial charge < -0.3 is 9.64 Å². The van der Waals surface area contributed by atoms with Crippen LogP contribution in [0.25, 0.3) is 0 Å². The summed E-state index contributed by atoms with van der Waals surface area (Å²) in [7, 11) is -1.15. The van der Waals surface area contributed by atoms with E-state index in [0.717, 1.165) is 16.4 Å². The van der Waals surface area contributed by atoms with Crippen molar-refractivity contribution in [2.45, 2.75) is 36.9 Å². The number of halogens is 4. The Balaban J connectivity index is 2.07. The number of rotatable bonds is 5. The Kier molecular flexibility index (Phi) is 7.41. The molecule has 1 atom stereocenters. The van der Waals surface area contributed by atoms with E-state index in [4.69, 9.17) is 16.3 Å². The van der Waals surface area contributed by atoms with Crippen LogP contribution in [0.3, 0.4) is 0 Å². The van der Waals surface area contributed by atoms with E-state index in [9.17, 15) is 31.2 Å². The molecule has 0 bridgehead atoms. The summed E-state index contributed by atoms with van der Waals surface area (Å²) in [6.45, 7) is 1.31. The number of piperidine rings is 1. The van der Waals surface area contributed by atoms with Crippen LogP contribution in [-0.2, 0) is 30.5 Å². The van der Waals surface area contributed by atoms with Gasteiger partial charge in [0.05, 0.1) is 21.4 Å². The SMILES string of the molecule is CC(OC(=O)C1CCN(S(=O)(=O)c2ccc(Cl)c(C(F)(F)F)c2)CC1)C(=O)N(C)C. The van der Waals surface area contributed by atoms with Crippen molar-refractivity contribution >= 4 is 33.5 Å². The van der Waals surface area contributed by atoms with Crippen molar-refractivity contribution < 1.29 is 35.9 Å². The zero-order valence-electron chi connectivity index (χ0n) is 16.6. The van der Waals surface area contributed by atoms with E-state index in [0.29, 0.717) is 6.07 Å². The van der Waals surface area contributed by atoms with Crippen LogP contribution in [0, 0.1) is 5.92 Å². The van der Waals surface area contributed by atoms with E-state index in [1.165, 1.54) is 25.9 Å². The molecule has 1 aromatic carbocycles. The van der Waals surface area contributed by atoms with Crippen LogP contribution in [-0.4, -0.2) is 62.8 Å². The van der Waals surface area contributed by atoms with E-state index < -0.39 is 49.7 Å². The lowest BCUT2D eigenvalue weighted by molar-refractivity contribution is -0.162. The summed E-state index contributed by atoms with van der Waals surface area (Å²) in [5.74, 6) is -1.60. The molecule has 1 unspecified atom stereocenters. The van der Waals surface area contributed by atoms with Crippen LogP contribution >= 0.6 is 11.6 Å². The van der Waals surface area contributed by atoms with Gasteiger partial charge in [0, 0.05) is 27.2 Å². The van der Waals surface area contributed by atoms with E-state index in [2.05, 4.69) is 0 Å². The highest BCUT2D eigenvalue weighted by Gasteiger charge is 2.37. The van der Waals surface area contributed by atoms with Crippen molar-refractivity contribution in [2.24, 2.45) is 5.92 Å². The third-order valence-electron chi connectivity index (χ3n) is 4.75. The lowest BCUT2D eigenvalue weighted by Crippen LogP contribution is -2.42. The topological polar surface area (TPSA) is 84.0 Å². The number of ether oxygens (including phenoxy) is 1. The van der Waals surface area contributed by atoms with Crippen molar-refractivity contribution in [3.63, 3.8) is 0 Å². The quantitative estimate of drug-likeness (QED) is 0.618. The minimum atomic E-state index is -4.79. The zero-order valence-corrected chi connectivity index (χ0v) is 18.1. The second-order valence-corrected chi connectivity index (χ2v) is 9.47. The molecule has 0 N–H and O–H groups in total. The number of hydrogen-bond acceptors (Lipinski definition) is 5. The van der Waals surface area contributed by atoms with Crippen LogP contribution in [0.4, 0.5) is 13.2 Å². The summed E-state index contributed by atoms with van der Waals surface area (Å²) in [6, 6.07) is 2.42. The molecule has 1 fully saturated rings. The molecule has 2 rings (SSSR count). The van der Waals surface area contributed by atoms with Crippen molar-refractivity contribution in [3.8, 4) is 0 Å². The van der Waals surface area contributed by atoms with Crippen molar-refractivity contribution in [2.75, 3.05) is 27.2 Å². The first-order valence-corrected chi connectivity index (χ1v) is 10.9. The maximum absolute atomic E-state index is 13.0. The summed E-state index contributed by atoms with van der Waals surface area (Å²) >= 11 is 5.55. The van der Waals surface area contributed by atoms with E-state index >= 15 is 0 Å². The standard InChI is InChI=1S/C18H22ClF3N2O5S/c1-11(16(25)23(2)3)29-17(26)12-6-8-24(9-7-12)30(27,28)13-4-5-15(19)14(10-13)18(20,21)22/h4-5,10-12H,6-9H2,1-3H3. The van der Waals surface area contributed by atoms with Gasteiger partial charge >= 0.3 is 12.1 Å². The van der Waals surface area contributed by atoms with Gasteiger partial charge in [0.25, 0.3) is 5.91 Å². The summed E-state index contributed by atoms with van der Waals surface area (Å²) in [5, 5.41) is -0.593. The van der Waals surface area contributed by atoms with Gasteiger partial charge in [-0.25, -0.2) is 8.42 Å². The second-order valence-electron chi connectivity index (χ2n) is 7.13. The van der Waals surface area contributed by atoms with Gasteiger partial charge in [0.1, 0.15) is 0 Å². The van der Waals surface area contributed by atoms with Gasteiger partial charge in [-0.2, -0.15) is 17.5 Å². The van der Waals surface area contributed by atoms with Gasteiger partial charge in [0.15, 0.2) is 6.10 Å². The largest absolute Gasteiger partial charge is 0.452 e. The molecule has 1 heterocycles. The molecule has 1 aliphatic rings. The van der Waals surface area contributed by atoms with Gasteiger partial charge in [-0.1, -0.05) is 11.6 Å². The molecule has 0 radical (unpaired) electrons. The van der Waals surface area contributed by atoms with Gasteiger partial charge in [-0.15, -0.1) is 0 Å². The molecule has 7 nitrogen and oxygen atoms in total. The van der Waals surface area contributed by atoms with Gasteiger partial charge in [0.2, 0.25) is 10.0 Å². The molecule has 12 heteroatoms. The van der Waals surface area contributed by atoms with Gasteiger partial charge in [-0.3, -0.25) is 9.59 Å². The van der Waals surface area contributed by atoms with Crippen molar-refractivity contribution in [3.05, 3.63) is 28.8 Å². The predicted octanol–water partition coefficient (Wildman–Crippen LogP) is 2.78. The Hall–Kier alpha value is -1.85. The Labute approximate surface area is 177 Å². The first kappa shape index (κ1) is 24.4. The average molecular weight is 471 g/mol. The maximum Gasteiger partial charge on any atom is 0.417 e. The number of benzene rings is 1. The summed E-state index contributed by atoms with van der Waals surface area (Å²) in [5.41, 5.74) is -1.23. The number of nitrogens with zero attached hydrogens (tertiary/aromatic N) is 2. The van der Waals surface area contributed by atoms with Crippen LogP contribution in [0.5, 0.6) is 0 Å². The third-order valence-corrected chi connectivity index (χ3v) is 6.97. The molecule has 1 saturated heterocycles. The first-order chi connectivity index (χ1) is 13.7. The number of hydrogen-bond donors (Lipinski definition) is 0. The van der Waals surface area contributed by atoms with Crippen LogP contribution in [0.1, 0.15) is 25.3 Å². The Morgan fingerprint density at radius 3 is 2.30 bits per heavy atom. The summed E-state index contributed by atoms with van der Waals surface area (Å²) in [6.07, 6.45) is -5.51. The molecule has 30 heavy (non-hydrogen) atoms. The predicted molar refractivity (Wildman–Crippen MR) is 102 cm³/mol. The molecule has 1 aliphatic heterocycles. The molecule has 0 spiro atoms. The average Bonchev–Trinajstić information content (AvgIpc) is 2.66. The van der Waals surface area contributed by atoms with Gasteiger partial charge in [-0.05, 0) is 38.0 Å². The summed E-state index contributed by atoms with van der Waals surface area (Å²) in [4.78, 5) is 24.8. The monoisotopic (exact) mass is 470 g/mol. The summed E-state index contributed by atoms with van der Waals surface area (Å²) < 4.78 is 70.8. The number of sulfonamides is 1. The molecule has 168 valence electrons. The number of esters is 1. The number of likely N-dealkylation sites (N-methyl/N-ethyl adjacent to an activating group) is 1. The van der Waals surface area contributed by atoms with Crippen LogP contribution < -0.4 is 0 Å². The van der Waals surface area contributed by atoms with Crippen molar-refractivity contribution in [1.82, 2.24) is 9.21 Å². The number of carbonyl (C=O) groups excluding carboxylic acids is 2. The normalized spacial score (nSPS) is 17.4. The minimum Gasteiger partial charge on any atom is -0.452 e. The van der Waals surface area contributed by atoms with Crippen molar-refractivity contribution in [1.29, 1.82) is 0 Å². The minimum absolute atomic E-state index is 0.0674. The number of amides is 1. The van der Waals surface area contributed by atoms with E-state index in [1.807, 2.05) is 0 Å². The van der Waals surface area contributed by atoms with E-state index in [-0.39, 0.29) is 31.8 Å². The highest BCUT2D eigenvalue weighted by atomic mass is 35.5.